The van der Waals surface area contributed by atoms with Crippen LogP contribution in [-0.2, 0) is 9.53 Å². The van der Waals surface area contributed by atoms with Crippen molar-refractivity contribution in [1.82, 2.24) is 15.5 Å². The van der Waals surface area contributed by atoms with Crippen LogP contribution in [0.4, 0.5) is 0 Å². The average molecular weight is 269 g/mol. The van der Waals surface area contributed by atoms with Crippen molar-refractivity contribution in [3.8, 4) is 0 Å². The van der Waals surface area contributed by atoms with Crippen LogP contribution in [-0.4, -0.2) is 62.3 Å². The first-order valence-corrected chi connectivity index (χ1v) is 7.47. The Bertz CT molecular complexity index is 298. The van der Waals surface area contributed by atoms with Crippen LogP contribution in [0.15, 0.2) is 0 Å². The predicted octanol–water partition coefficient (Wildman–Crippen LogP) is 0.354. The molecule has 0 spiro atoms. The Morgan fingerprint density at radius 2 is 2.21 bits per heavy atom. The molecule has 0 aromatic rings. The third kappa shape index (κ3) is 4.16. The smallest absolute Gasteiger partial charge is 0.237 e. The molecule has 2 fully saturated rings. The average Bonchev–Trinajstić information content (AvgIpc) is 2.73. The quantitative estimate of drug-likeness (QED) is 0.683. The van der Waals surface area contributed by atoms with E-state index in [-0.39, 0.29) is 11.9 Å². The van der Waals surface area contributed by atoms with Crippen LogP contribution in [0.25, 0.3) is 0 Å². The van der Waals surface area contributed by atoms with Crippen molar-refractivity contribution in [2.45, 2.75) is 50.7 Å². The monoisotopic (exact) mass is 269 g/mol. The van der Waals surface area contributed by atoms with Crippen molar-refractivity contribution in [2.75, 3.05) is 33.4 Å². The van der Waals surface area contributed by atoms with Gasteiger partial charge in [-0.25, -0.2) is 0 Å². The Balaban J connectivity index is 1.75. The van der Waals surface area contributed by atoms with E-state index in [1.807, 2.05) is 6.92 Å². The summed E-state index contributed by atoms with van der Waals surface area (Å²) in [5.41, 5.74) is 0. The van der Waals surface area contributed by atoms with Crippen LogP contribution in [0.2, 0.25) is 0 Å². The van der Waals surface area contributed by atoms with Crippen LogP contribution >= 0.6 is 0 Å². The molecule has 2 saturated heterocycles. The first-order chi connectivity index (χ1) is 9.20. The lowest BCUT2D eigenvalue weighted by Gasteiger charge is -2.29. The Kier molecular flexibility index (Phi) is 5.60. The molecule has 1 amide bonds. The molecule has 2 bridgehead atoms. The SMILES string of the molecule is COCCCNC(=O)C(C)N1CCC2CCC(C1)N2. The van der Waals surface area contributed by atoms with E-state index in [2.05, 4.69) is 15.5 Å². The van der Waals surface area contributed by atoms with Gasteiger partial charge in [-0.3, -0.25) is 9.69 Å². The summed E-state index contributed by atoms with van der Waals surface area (Å²) in [5, 5.41) is 6.64. The number of ether oxygens (including phenoxy) is 1. The summed E-state index contributed by atoms with van der Waals surface area (Å²) in [4.78, 5) is 14.4. The second kappa shape index (κ2) is 7.22. The number of carbonyl (C=O) groups excluding carboxylic acids is 1. The highest BCUT2D eigenvalue weighted by molar-refractivity contribution is 5.81. The van der Waals surface area contributed by atoms with Crippen LogP contribution in [0.1, 0.15) is 32.6 Å². The molecule has 0 aromatic carbocycles. The van der Waals surface area contributed by atoms with E-state index in [9.17, 15) is 4.79 Å². The van der Waals surface area contributed by atoms with E-state index < -0.39 is 0 Å². The number of likely N-dealkylation sites (tertiary alicyclic amines) is 1. The number of amides is 1. The minimum Gasteiger partial charge on any atom is -0.385 e. The number of nitrogens with zero attached hydrogens (tertiary/aromatic N) is 1. The van der Waals surface area contributed by atoms with Gasteiger partial charge in [0.1, 0.15) is 0 Å². The number of fused-ring (bicyclic) bond motifs is 2. The Morgan fingerprint density at radius 3 is 3.00 bits per heavy atom. The molecule has 3 unspecified atom stereocenters. The lowest BCUT2D eigenvalue weighted by atomic mass is 10.1. The van der Waals surface area contributed by atoms with Gasteiger partial charge in [-0.1, -0.05) is 0 Å². The predicted molar refractivity (Wildman–Crippen MR) is 75.1 cm³/mol. The Labute approximate surface area is 116 Å². The van der Waals surface area contributed by atoms with Gasteiger partial charge >= 0.3 is 0 Å². The fourth-order valence-corrected chi connectivity index (χ4v) is 3.06. The molecule has 2 N–H and O–H groups in total. The maximum atomic E-state index is 12.1. The molecule has 110 valence electrons. The first-order valence-electron chi connectivity index (χ1n) is 7.47. The summed E-state index contributed by atoms with van der Waals surface area (Å²) in [6.45, 7) is 5.45. The van der Waals surface area contributed by atoms with Gasteiger partial charge in [-0.2, -0.15) is 0 Å². The molecule has 0 radical (unpaired) electrons. The molecule has 3 atom stereocenters. The van der Waals surface area contributed by atoms with Crippen LogP contribution in [0.5, 0.6) is 0 Å². The van der Waals surface area contributed by atoms with Gasteiger partial charge in [0.25, 0.3) is 0 Å². The molecule has 0 aliphatic carbocycles. The highest BCUT2D eigenvalue weighted by atomic mass is 16.5. The second-order valence-corrected chi connectivity index (χ2v) is 5.73. The number of hydrogen-bond acceptors (Lipinski definition) is 4. The molecule has 2 heterocycles. The van der Waals surface area contributed by atoms with Crippen molar-refractivity contribution in [1.29, 1.82) is 0 Å². The minimum absolute atomic E-state index is 0.0244. The molecule has 2 aliphatic heterocycles. The number of rotatable bonds is 6. The molecule has 19 heavy (non-hydrogen) atoms. The minimum atomic E-state index is -0.0244. The highest BCUT2D eigenvalue weighted by Gasteiger charge is 2.32. The Hall–Kier alpha value is -0.650. The zero-order valence-corrected chi connectivity index (χ0v) is 12.2. The molecule has 5 nitrogen and oxygen atoms in total. The molecule has 5 heteroatoms. The first kappa shape index (κ1) is 14.8. The standard InChI is InChI=1S/C14H27N3O2/c1-11(14(18)15-7-3-9-19-2)17-8-6-12-4-5-13(10-17)16-12/h11-13,16H,3-10H2,1-2H3,(H,15,18). The number of carbonyl (C=O) groups is 1. The third-order valence-corrected chi connectivity index (χ3v) is 4.31. The summed E-state index contributed by atoms with van der Waals surface area (Å²) in [5.74, 6) is 0.147. The summed E-state index contributed by atoms with van der Waals surface area (Å²) >= 11 is 0. The molecule has 2 rings (SSSR count). The fraction of sp³-hybridized carbons (Fsp3) is 0.929. The number of hydrogen-bond donors (Lipinski definition) is 2. The van der Waals surface area contributed by atoms with E-state index in [1.165, 1.54) is 12.8 Å². The summed E-state index contributed by atoms with van der Waals surface area (Å²) in [6.07, 6.45) is 4.60. The van der Waals surface area contributed by atoms with Gasteiger partial charge in [-0.15, -0.1) is 0 Å². The van der Waals surface area contributed by atoms with Crippen molar-refractivity contribution in [3.05, 3.63) is 0 Å². The summed E-state index contributed by atoms with van der Waals surface area (Å²) < 4.78 is 4.98. The third-order valence-electron chi connectivity index (χ3n) is 4.31. The Morgan fingerprint density at radius 1 is 1.42 bits per heavy atom. The van der Waals surface area contributed by atoms with E-state index in [0.29, 0.717) is 25.2 Å². The van der Waals surface area contributed by atoms with Gasteiger partial charge in [0.05, 0.1) is 6.04 Å². The molecule has 2 aliphatic rings. The zero-order chi connectivity index (χ0) is 13.7. The van der Waals surface area contributed by atoms with Crippen molar-refractivity contribution < 1.29 is 9.53 Å². The molecular formula is C14H27N3O2. The van der Waals surface area contributed by atoms with Gasteiger partial charge in [0.15, 0.2) is 0 Å². The topological polar surface area (TPSA) is 53.6 Å². The molecule has 0 saturated carbocycles. The van der Waals surface area contributed by atoms with Gasteiger partial charge in [-0.05, 0) is 32.6 Å². The van der Waals surface area contributed by atoms with Crippen LogP contribution in [0, 0.1) is 0 Å². The summed E-state index contributed by atoms with van der Waals surface area (Å²) in [6, 6.07) is 1.23. The van der Waals surface area contributed by atoms with Crippen LogP contribution < -0.4 is 10.6 Å². The molecular weight excluding hydrogens is 242 g/mol. The van der Waals surface area contributed by atoms with Gasteiger partial charge in [0.2, 0.25) is 5.91 Å². The van der Waals surface area contributed by atoms with E-state index in [0.717, 1.165) is 25.9 Å². The van der Waals surface area contributed by atoms with Crippen molar-refractivity contribution in [2.24, 2.45) is 0 Å². The largest absolute Gasteiger partial charge is 0.385 e. The maximum Gasteiger partial charge on any atom is 0.237 e. The van der Waals surface area contributed by atoms with Gasteiger partial charge in [0, 0.05) is 45.4 Å². The number of methoxy groups -OCH3 is 1. The van der Waals surface area contributed by atoms with E-state index in [1.54, 1.807) is 7.11 Å². The summed E-state index contributed by atoms with van der Waals surface area (Å²) in [7, 11) is 1.68. The second-order valence-electron chi connectivity index (χ2n) is 5.73. The maximum absolute atomic E-state index is 12.1. The number of nitrogens with one attached hydrogen (secondary N) is 2. The fourth-order valence-electron chi connectivity index (χ4n) is 3.06. The normalized spacial score (nSPS) is 28.9. The van der Waals surface area contributed by atoms with Crippen LogP contribution in [0.3, 0.4) is 0 Å². The highest BCUT2D eigenvalue weighted by Crippen LogP contribution is 2.21. The van der Waals surface area contributed by atoms with E-state index >= 15 is 0 Å². The zero-order valence-electron chi connectivity index (χ0n) is 12.2. The van der Waals surface area contributed by atoms with Crippen molar-refractivity contribution in [3.63, 3.8) is 0 Å². The van der Waals surface area contributed by atoms with Gasteiger partial charge < -0.3 is 15.4 Å². The van der Waals surface area contributed by atoms with Crippen molar-refractivity contribution >= 4 is 5.91 Å². The van der Waals surface area contributed by atoms with E-state index in [4.69, 9.17) is 4.74 Å². The molecule has 0 aromatic heterocycles. The lowest BCUT2D eigenvalue weighted by molar-refractivity contribution is -0.126. The lowest BCUT2D eigenvalue weighted by Crippen LogP contribution is -2.48.